The highest BCUT2D eigenvalue weighted by molar-refractivity contribution is 6.06. The van der Waals surface area contributed by atoms with Crippen molar-refractivity contribution < 1.29 is 23.8 Å². The fraction of sp³-hybridized carbons (Fsp3) is 0.280. The van der Waals surface area contributed by atoms with E-state index in [2.05, 4.69) is 20.6 Å². The summed E-state index contributed by atoms with van der Waals surface area (Å²) in [6.45, 7) is 2.28. The number of methoxy groups -OCH3 is 2. The molecule has 2 N–H and O–H groups in total. The van der Waals surface area contributed by atoms with Gasteiger partial charge in [0.15, 0.2) is 11.5 Å². The van der Waals surface area contributed by atoms with E-state index < -0.39 is 12.2 Å². The minimum atomic E-state index is -0.482. The fourth-order valence-electron chi connectivity index (χ4n) is 3.70. The van der Waals surface area contributed by atoms with E-state index in [4.69, 9.17) is 14.2 Å². The molecule has 2 heterocycles. The molecule has 0 radical (unpaired) electrons. The number of benzene rings is 2. The molecule has 0 saturated heterocycles. The summed E-state index contributed by atoms with van der Waals surface area (Å²) < 4.78 is 16.4. The van der Waals surface area contributed by atoms with E-state index in [9.17, 15) is 9.59 Å². The molecule has 10 nitrogen and oxygen atoms in total. The summed E-state index contributed by atoms with van der Waals surface area (Å²) in [5.74, 6) is 0.915. The number of aromatic amines is 1. The molecular formula is C25H27N5O5. The lowest BCUT2D eigenvalue weighted by Gasteiger charge is -2.29. The van der Waals surface area contributed by atoms with Gasteiger partial charge < -0.3 is 19.5 Å². The third kappa shape index (κ3) is 5.43. The number of nitrogens with one attached hydrogen (secondary N) is 2. The fourth-order valence-corrected chi connectivity index (χ4v) is 3.70. The maximum absolute atomic E-state index is 12.6. The molecule has 1 unspecified atom stereocenters. The number of cyclic esters (lactones) is 1. The summed E-state index contributed by atoms with van der Waals surface area (Å²) in [6, 6.07) is 14.5. The molecule has 1 aromatic heterocycles. The van der Waals surface area contributed by atoms with Crippen molar-refractivity contribution in [2.24, 2.45) is 5.10 Å². The number of nitrogens with zero attached hydrogens (tertiary/aromatic N) is 3. The van der Waals surface area contributed by atoms with Gasteiger partial charge in [0.2, 0.25) is 0 Å². The third-order valence-corrected chi connectivity index (χ3v) is 5.61. The number of hydrogen-bond acceptors (Lipinski definition) is 7. The van der Waals surface area contributed by atoms with E-state index in [1.165, 1.54) is 11.2 Å². The van der Waals surface area contributed by atoms with Crippen molar-refractivity contribution in [3.05, 3.63) is 71.5 Å². The van der Waals surface area contributed by atoms with E-state index in [1.54, 1.807) is 26.4 Å². The van der Waals surface area contributed by atoms with E-state index in [-0.39, 0.29) is 5.91 Å². The zero-order valence-corrected chi connectivity index (χ0v) is 19.8. The summed E-state index contributed by atoms with van der Waals surface area (Å²) in [6.07, 6.45) is 1.74. The van der Waals surface area contributed by atoms with Gasteiger partial charge in [0.1, 0.15) is 17.5 Å². The molecule has 0 fully saturated rings. The highest BCUT2D eigenvalue weighted by Gasteiger charge is 2.31. The Morgan fingerprint density at radius 1 is 1.11 bits per heavy atom. The topological polar surface area (TPSA) is 118 Å². The number of anilines is 1. The Morgan fingerprint density at radius 3 is 2.54 bits per heavy atom. The molecule has 1 aliphatic rings. The standard InChI is InChI=1S/C25H27N5O5/c1-4-20-23(17-7-10-21(33-2)22(15-17)34-3)29-30(25(32)35-20)14-12-16-5-8-18(9-6-16)27-24(31)19-11-13-26-28-19/h5-11,13,15,20H,4,12,14H2,1-3H3,(H,26,28)(H,27,31). The van der Waals surface area contributed by atoms with Crippen molar-refractivity contribution in [2.75, 3.05) is 26.1 Å². The van der Waals surface area contributed by atoms with Gasteiger partial charge in [-0.1, -0.05) is 19.1 Å². The predicted molar refractivity (Wildman–Crippen MR) is 130 cm³/mol. The molecule has 0 saturated carbocycles. The minimum Gasteiger partial charge on any atom is -0.493 e. The van der Waals surface area contributed by atoms with Crippen LogP contribution in [-0.2, 0) is 11.2 Å². The summed E-state index contributed by atoms with van der Waals surface area (Å²) in [7, 11) is 3.15. The van der Waals surface area contributed by atoms with Crippen LogP contribution in [0.15, 0.2) is 59.8 Å². The van der Waals surface area contributed by atoms with Crippen LogP contribution in [0, 0.1) is 0 Å². The summed E-state index contributed by atoms with van der Waals surface area (Å²) >= 11 is 0. The van der Waals surface area contributed by atoms with Crippen LogP contribution in [0.5, 0.6) is 11.5 Å². The smallest absolute Gasteiger partial charge is 0.431 e. The van der Waals surface area contributed by atoms with Crippen LogP contribution in [-0.4, -0.2) is 59.8 Å². The van der Waals surface area contributed by atoms with Gasteiger partial charge in [-0.3, -0.25) is 9.89 Å². The van der Waals surface area contributed by atoms with Crippen LogP contribution in [0.3, 0.4) is 0 Å². The molecule has 0 aliphatic carbocycles. The second kappa shape index (κ2) is 10.7. The predicted octanol–water partition coefficient (Wildman–Crippen LogP) is 3.86. The van der Waals surface area contributed by atoms with Crippen LogP contribution in [0.2, 0.25) is 0 Å². The number of aromatic nitrogens is 2. The van der Waals surface area contributed by atoms with Crippen molar-refractivity contribution in [1.29, 1.82) is 0 Å². The first-order valence-corrected chi connectivity index (χ1v) is 11.2. The van der Waals surface area contributed by atoms with Crippen LogP contribution >= 0.6 is 0 Å². The van der Waals surface area contributed by atoms with Gasteiger partial charge >= 0.3 is 6.09 Å². The molecular weight excluding hydrogens is 450 g/mol. The van der Waals surface area contributed by atoms with Crippen LogP contribution in [0.4, 0.5) is 10.5 Å². The lowest BCUT2D eigenvalue weighted by Crippen LogP contribution is -2.42. The average Bonchev–Trinajstić information content (AvgIpc) is 3.43. The van der Waals surface area contributed by atoms with Gasteiger partial charge in [-0.15, -0.1) is 0 Å². The summed E-state index contributed by atoms with van der Waals surface area (Å²) in [5.41, 5.74) is 3.48. The number of carbonyl (C=O) groups is 2. The highest BCUT2D eigenvalue weighted by Crippen LogP contribution is 2.30. The molecule has 0 bridgehead atoms. The molecule has 0 spiro atoms. The number of ether oxygens (including phenoxy) is 3. The number of rotatable bonds is 9. The second-order valence-electron chi connectivity index (χ2n) is 7.83. The summed E-state index contributed by atoms with van der Waals surface area (Å²) in [4.78, 5) is 24.7. The van der Waals surface area contributed by atoms with Crippen molar-refractivity contribution >= 4 is 23.4 Å². The van der Waals surface area contributed by atoms with Crippen LogP contribution in [0.25, 0.3) is 0 Å². The van der Waals surface area contributed by atoms with Crippen LogP contribution < -0.4 is 14.8 Å². The quantitative estimate of drug-likeness (QED) is 0.483. The van der Waals surface area contributed by atoms with Crippen molar-refractivity contribution in [3.8, 4) is 11.5 Å². The Kier molecular flexibility index (Phi) is 7.30. The van der Waals surface area contributed by atoms with E-state index in [0.717, 1.165) is 11.1 Å². The number of hydrogen-bond donors (Lipinski definition) is 2. The number of carbonyl (C=O) groups excluding carboxylic acids is 2. The average molecular weight is 478 g/mol. The van der Waals surface area contributed by atoms with Gasteiger partial charge in [-0.25, -0.2) is 4.79 Å². The first-order valence-electron chi connectivity index (χ1n) is 11.2. The maximum Gasteiger partial charge on any atom is 0.431 e. The Bertz CT molecular complexity index is 1210. The van der Waals surface area contributed by atoms with E-state index >= 15 is 0 Å². The van der Waals surface area contributed by atoms with Gasteiger partial charge in [-0.2, -0.15) is 15.2 Å². The normalized spacial score (nSPS) is 15.3. The zero-order chi connectivity index (χ0) is 24.8. The number of hydrazone groups is 1. The van der Waals surface area contributed by atoms with E-state index in [1.807, 2.05) is 43.3 Å². The molecule has 2 amide bonds. The molecule has 1 atom stereocenters. The minimum absolute atomic E-state index is 0.270. The van der Waals surface area contributed by atoms with Gasteiger partial charge in [0.25, 0.3) is 5.91 Å². The summed E-state index contributed by atoms with van der Waals surface area (Å²) in [5, 5.41) is 15.2. The van der Waals surface area contributed by atoms with Crippen molar-refractivity contribution in [3.63, 3.8) is 0 Å². The van der Waals surface area contributed by atoms with Gasteiger partial charge in [0.05, 0.1) is 20.8 Å². The molecule has 10 heteroatoms. The van der Waals surface area contributed by atoms with Gasteiger partial charge in [-0.05, 0) is 54.8 Å². The third-order valence-electron chi connectivity index (χ3n) is 5.61. The lowest BCUT2D eigenvalue weighted by atomic mass is 10.0. The number of amides is 2. The molecule has 182 valence electrons. The molecule has 2 aromatic carbocycles. The Morgan fingerprint density at radius 2 is 1.89 bits per heavy atom. The first kappa shape index (κ1) is 23.8. The zero-order valence-electron chi connectivity index (χ0n) is 19.8. The SMILES string of the molecule is CCC1OC(=O)N(CCc2ccc(NC(=O)c3ccn[nH]3)cc2)N=C1c1ccc(OC)c(OC)c1. The lowest BCUT2D eigenvalue weighted by molar-refractivity contribution is 0.0741. The Balaban J connectivity index is 1.45. The monoisotopic (exact) mass is 477 g/mol. The van der Waals surface area contributed by atoms with Crippen LogP contribution in [0.1, 0.15) is 35.0 Å². The van der Waals surface area contributed by atoms with Crippen molar-refractivity contribution in [2.45, 2.75) is 25.9 Å². The molecule has 3 aromatic rings. The Labute approximate surface area is 202 Å². The molecule has 35 heavy (non-hydrogen) atoms. The number of H-pyrrole nitrogens is 1. The first-order chi connectivity index (χ1) is 17.0. The van der Waals surface area contributed by atoms with Gasteiger partial charge in [0, 0.05) is 17.4 Å². The Hall–Kier alpha value is -4.34. The van der Waals surface area contributed by atoms with E-state index in [0.29, 0.717) is 48.0 Å². The largest absolute Gasteiger partial charge is 0.493 e. The van der Waals surface area contributed by atoms with Crippen molar-refractivity contribution in [1.82, 2.24) is 15.2 Å². The highest BCUT2D eigenvalue weighted by atomic mass is 16.6. The maximum atomic E-state index is 12.6. The second-order valence-corrected chi connectivity index (χ2v) is 7.83. The molecule has 4 rings (SSSR count). The molecule has 1 aliphatic heterocycles.